The Bertz CT molecular complexity index is 1560. The summed E-state index contributed by atoms with van der Waals surface area (Å²) in [5.41, 5.74) is 0.248. The minimum atomic E-state index is -4.54. The molecule has 12 heteroatoms. The first-order valence-electron chi connectivity index (χ1n) is 10.7. The van der Waals surface area contributed by atoms with Gasteiger partial charge in [-0.2, -0.15) is 18.4 Å². The third-order valence-corrected chi connectivity index (χ3v) is 6.04. The molecule has 1 aromatic heterocycles. The van der Waals surface area contributed by atoms with Gasteiger partial charge in [-0.05, 0) is 48.9 Å². The molecule has 0 spiro atoms. The largest absolute Gasteiger partial charge is 0.456 e. The van der Waals surface area contributed by atoms with E-state index in [1.54, 1.807) is 30.3 Å². The van der Waals surface area contributed by atoms with Crippen LogP contribution in [0.2, 0.25) is 0 Å². The van der Waals surface area contributed by atoms with Crippen molar-refractivity contribution >= 4 is 50.0 Å². The highest BCUT2D eigenvalue weighted by molar-refractivity contribution is 7.22. The lowest BCUT2D eigenvalue weighted by Gasteiger charge is -2.14. The summed E-state index contributed by atoms with van der Waals surface area (Å²) in [6.45, 7) is 2.69. The summed E-state index contributed by atoms with van der Waals surface area (Å²) >= 11 is 1.14. The number of hydrogen-bond donors (Lipinski definition) is 3. The van der Waals surface area contributed by atoms with E-state index in [1.165, 1.54) is 32.0 Å². The number of carbonyl (C=O) groups is 2. The number of thiazole rings is 1. The second kappa shape index (κ2) is 10.2. The second-order valence-corrected chi connectivity index (χ2v) is 8.83. The normalized spacial score (nSPS) is 11.0. The van der Waals surface area contributed by atoms with Crippen LogP contribution < -0.4 is 20.7 Å². The molecule has 0 aliphatic rings. The van der Waals surface area contributed by atoms with E-state index in [9.17, 15) is 28.0 Å². The summed E-state index contributed by atoms with van der Waals surface area (Å²) in [5.74, 6) is 0.259. The molecule has 0 aliphatic heterocycles. The number of hydrogen-bond acceptors (Lipinski definition) is 6. The topological polar surface area (TPSA) is 116 Å². The maximum absolute atomic E-state index is 13.1. The summed E-state index contributed by atoms with van der Waals surface area (Å²) in [6, 6.07) is 14.4. The van der Waals surface area contributed by atoms with E-state index >= 15 is 0 Å². The molecule has 8 nitrogen and oxygen atoms in total. The Balaban J connectivity index is 1.50. The number of nitrogens with one attached hydrogen (secondary N) is 3. The van der Waals surface area contributed by atoms with Crippen molar-refractivity contribution in [1.29, 1.82) is 5.26 Å². The first-order chi connectivity index (χ1) is 17.5. The molecule has 0 radical (unpaired) electrons. The fourth-order valence-electron chi connectivity index (χ4n) is 3.43. The lowest BCUT2D eigenvalue weighted by atomic mass is 10.1. The van der Waals surface area contributed by atoms with Gasteiger partial charge < -0.3 is 20.7 Å². The predicted octanol–water partition coefficient (Wildman–Crippen LogP) is 6.89. The van der Waals surface area contributed by atoms with Gasteiger partial charge in [0, 0.05) is 24.4 Å². The Labute approximate surface area is 212 Å². The summed E-state index contributed by atoms with van der Waals surface area (Å²) < 4.78 is 45.9. The lowest BCUT2D eigenvalue weighted by Crippen LogP contribution is -2.20. The van der Waals surface area contributed by atoms with Crippen LogP contribution in [0.1, 0.15) is 23.6 Å². The molecule has 4 rings (SSSR count). The summed E-state index contributed by atoms with van der Waals surface area (Å²) in [7, 11) is 0. The van der Waals surface area contributed by atoms with Crippen LogP contribution in [0.15, 0.2) is 54.6 Å². The van der Waals surface area contributed by atoms with E-state index in [-0.39, 0.29) is 28.5 Å². The molecule has 0 bridgehead atoms. The molecule has 1 heterocycles. The quantitative estimate of drug-likeness (QED) is 0.262. The number of fused-ring (bicyclic) bond motifs is 1. The fraction of sp³-hybridized carbons (Fsp3) is 0.120. The highest BCUT2D eigenvalue weighted by Crippen LogP contribution is 2.37. The van der Waals surface area contributed by atoms with Crippen molar-refractivity contribution in [2.45, 2.75) is 20.0 Å². The van der Waals surface area contributed by atoms with Crippen molar-refractivity contribution in [3.63, 3.8) is 0 Å². The number of nitriles is 1. The van der Waals surface area contributed by atoms with E-state index in [2.05, 4.69) is 27.0 Å². The number of urea groups is 1. The summed E-state index contributed by atoms with van der Waals surface area (Å²) in [5, 5.41) is 17.6. The number of rotatable bonds is 5. The van der Waals surface area contributed by atoms with Gasteiger partial charge in [0.1, 0.15) is 23.1 Å². The smallest absolute Gasteiger partial charge is 0.416 e. The summed E-state index contributed by atoms with van der Waals surface area (Å²) in [6.07, 6.45) is -4.54. The van der Waals surface area contributed by atoms with Crippen LogP contribution in [0.25, 0.3) is 10.2 Å². The molecule has 188 valence electrons. The van der Waals surface area contributed by atoms with Crippen molar-refractivity contribution in [3.8, 4) is 17.6 Å². The number of anilines is 3. The van der Waals surface area contributed by atoms with Crippen LogP contribution in [0.3, 0.4) is 0 Å². The van der Waals surface area contributed by atoms with Gasteiger partial charge in [0.25, 0.3) is 0 Å². The number of ether oxygens (including phenoxy) is 1. The zero-order valence-electron chi connectivity index (χ0n) is 19.4. The van der Waals surface area contributed by atoms with Crippen LogP contribution in [0.5, 0.6) is 11.5 Å². The van der Waals surface area contributed by atoms with Crippen molar-refractivity contribution in [2.24, 2.45) is 0 Å². The van der Waals surface area contributed by atoms with E-state index in [0.717, 1.165) is 17.4 Å². The van der Waals surface area contributed by atoms with E-state index in [4.69, 9.17) is 4.74 Å². The van der Waals surface area contributed by atoms with Crippen LogP contribution in [0.4, 0.5) is 34.5 Å². The standard InChI is InChI=1S/C25H18F3N5O3S/c1-13-6-7-16(11-19(13)25(26,27)28)32-23(35)31-15-4-3-5-17(10-15)36-21-9-8-20-22(18(21)12-29)37-24(33-20)30-14(2)34/h3-11H,1-2H3,(H,30,33,34)(H2,31,32,35). The molecule has 3 amide bonds. The SMILES string of the molecule is CC(=O)Nc1nc2ccc(Oc3cccc(NC(=O)Nc4ccc(C)c(C(F)(F)F)c4)c3)c(C#N)c2s1. The number of halogens is 3. The Morgan fingerprint density at radius 2 is 1.76 bits per heavy atom. The molecule has 0 aliphatic carbocycles. The first kappa shape index (κ1) is 25.5. The monoisotopic (exact) mass is 525 g/mol. The van der Waals surface area contributed by atoms with Crippen molar-refractivity contribution < 1.29 is 27.5 Å². The second-order valence-electron chi connectivity index (χ2n) is 7.84. The Morgan fingerprint density at radius 1 is 1.03 bits per heavy atom. The highest BCUT2D eigenvalue weighted by atomic mass is 32.1. The van der Waals surface area contributed by atoms with Crippen LogP contribution in [0, 0.1) is 18.3 Å². The third-order valence-electron chi connectivity index (χ3n) is 5.03. The molecule has 0 unspecified atom stereocenters. The maximum atomic E-state index is 13.1. The van der Waals surface area contributed by atoms with Gasteiger partial charge in [0.2, 0.25) is 5.91 Å². The zero-order valence-corrected chi connectivity index (χ0v) is 20.2. The molecule has 3 N–H and O–H groups in total. The fourth-order valence-corrected chi connectivity index (χ4v) is 4.43. The van der Waals surface area contributed by atoms with Gasteiger partial charge in [-0.1, -0.05) is 23.5 Å². The Morgan fingerprint density at radius 3 is 2.43 bits per heavy atom. The number of aryl methyl sites for hydroxylation is 1. The number of alkyl halides is 3. The first-order valence-corrected chi connectivity index (χ1v) is 11.5. The molecule has 0 atom stereocenters. The summed E-state index contributed by atoms with van der Waals surface area (Å²) in [4.78, 5) is 28.0. The minimum absolute atomic E-state index is 0.0158. The average molecular weight is 526 g/mol. The molecule has 4 aromatic rings. The van der Waals surface area contributed by atoms with E-state index < -0.39 is 17.8 Å². The van der Waals surface area contributed by atoms with Crippen molar-refractivity contribution in [3.05, 3.63) is 71.3 Å². The van der Waals surface area contributed by atoms with Gasteiger partial charge in [0.15, 0.2) is 5.13 Å². The van der Waals surface area contributed by atoms with Crippen molar-refractivity contribution in [1.82, 2.24) is 4.98 Å². The predicted molar refractivity (Wildman–Crippen MR) is 134 cm³/mol. The van der Waals surface area contributed by atoms with Gasteiger partial charge in [-0.25, -0.2) is 9.78 Å². The Kier molecular flexibility index (Phi) is 6.99. The highest BCUT2D eigenvalue weighted by Gasteiger charge is 2.32. The molecule has 0 saturated carbocycles. The van der Waals surface area contributed by atoms with Crippen LogP contribution in [-0.4, -0.2) is 16.9 Å². The van der Waals surface area contributed by atoms with Crippen LogP contribution >= 0.6 is 11.3 Å². The Hall–Kier alpha value is -4.63. The maximum Gasteiger partial charge on any atom is 0.416 e. The van der Waals surface area contributed by atoms with Gasteiger partial charge in [-0.3, -0.25) is 4.79 Å². The third kappa shape index (κ3) is 5.96. The molecule has 0 saturated heterocycles. The zero-order chi connectivity index (χ0) is 26.7. The molecule has 3 aromatic carbocycles. The van der Waals surface area contributed by atoms with E-state index in [1.807, 2.05) is 0 Å². The van der Waals surface area contributed by atoms with Gasteiger partial charge >= 0.3 is 12.2 Å². The number of amides is 3. The molecule has 37 heavy (non-hydrogen) atoms. The molecular formula is C25H18F3N5O3S. The number of benzene rings is 3. The van der Waals surface area contributed by atoms with Gasteiger partial charge in [0.05, 0.1) is 15.8 Å². The number of carbonyl (C=O) groups excluding carboxylic acids is 2. The number of aromatic nitrogens is 1. The molecular weight excluding hydrogens is 507 g/mol. The average Bonchev–Trinajstić information content (AvgIpc) is 3.21. The van der Waals surface area contributed by atoms with Crippen LogP contribution in [-0.2, 0) is 11.0 Å². The van der Waals surface area contributed by atoms with E-state index in [0.29, 0.717) is 26.8 Å². The lowest BCUT2D eigenvalue weighted by molar-refractivity contribution is -0.138. The minimum Gasteiger partial charge on any atom is -0.456 e. The molecule has 0 fully saturated rings. The van der Waals surface area contributed by atoms with Crippen molar-refractivity contribution in [2.75, 3.05) is 16.0 Å². The number of nitrogens with zero attached hydrogens (tertiary/aromatic N) is 2. The van der Waals surface area contributed by atoms with Gasteiger partial charge in [-0.15, -0.1) is 0 Å².